The topological polar surface area (TPSA) is 57.6 Å². The number of rotatable bonds is 6. The zero-order valence-electron chi connectivity index (χ0n) is 7.95. The van der Waals surface area contributed by atoms with Gasteiger partial charge < -0.3 is 10.0 Å². The first-order chi connectivity index (χ1) is 6.07. The number of thioether (sulfide) groups is 1. The number of carbonyl (C=O) groups is 2. The minimum atomic E-state index is -0.976. The standard InChI is InChI=1S/C8H15NO3S/c1-3-4-13-6-7(10)9(2)5-8(11)12/h3-6H2,1-2H3,(H,11,12). The van der Waals surface area contributed by atoms with Gasteiger partial charge in [0, 0.05) is 7.05 Å². The van der Waals surface area contributed by atoms with E-state index in [0.717, 1.165) is 12.2 Å². The van der Waals surface area contributed by atoms with Crippen molar-refractivity contribution in [2.24, 2.45) is 0 Å². The molecular weight excluding hydrogens is 190 g/mol. The molecular formula is C8H15NO3S. The average molecular weight is 205 g/mol. The monoisotopic (exact) mass is 205 g/mol. The fraction of sp³-hybridized carbons (Fsp3) is 0.750. The fourth-order valence-corrected chi connectivity index (χ4v) is 1.53. The number of hydrogen-bond donors (Lipinski definition) is 1. The number of likely N-dealkylation sites (N-methyl/N-ethyl adjacent to an activating group) is 1. The summed E-state index contributed by atoms with van der Waals surface area (Å²) in [6.45, 7) is 1.82. The van der Waals surface area contributed by atoms with Gasteiger partial charge in [-0.25, -0.2) is 0 Å². The predicted octanol–water partition coefficient (Wildman–Crippen LogP) is 0.673. The van der Waals surface area contributed by atoms with Crippen LogP contribution in [0.25, 0.3) is 0 Å². The van der Waals surface area contributed by atoms with Crippen LogP contribution >= 0.6 is 11.8 Å². The van der Waals surface area contributed by atoms with Gasteiger partial charge in [-0.3, -0.25) is 9.59 Å². The van der Waals surface area contributed by atoms with E-state index >= 15 is 0 Å². The highest BCUT2D eigenvalue weighted by atomic mass is 32.2. The molecule has 1 amide bonds. The van der Waals surface area contributed by atoms with Gasteiger partial charge >= 0.3 is 5.97 Å². The fourth-order valence-electron chi connectivity index (χ4n) is 0.705. The largest absolute Gasteiger partial charge is 0.480 e. The maximum absolute atomic E-state index is 11.2. The van der Waals surface area contributed by atoms with E-state index in [1.54, 1.807) is 0 Å². The lowest BCUT2D eigenvalue weighted by molar-refractivity contribution is -0.142. The van der Waals surface area contributed by atoms with E-state index in [2.05, 4.69) is 0 Å². The lowest BCUT2D eigenvalue weighted by atomic mass is 10.5. The van der Waals surface area contributed by atoms with Crippen molar-refractivity contribution in [3.8, 4) is 0 Å². The Hall–Kier alpha value is -0.710. The number of hydrogen-bond acceptors (Lipinski definition) is 3. The van der Waals surface area contributed by atoms with Crippen molar-refractivity contribution < 1.29 is 14.7 Å². The molecule has 0 rings (SSSR count). The Balaban J connectivity index is 3.63. The lowest BCUT2D eigenvalue weighted by Crippen LogP contribution is -2.33. The number of carboxylic acids is 1. The van der Waals surface area contributed by atoms with E-state index in [1.165, 1.54) is 23.7 Å². The minimum Gasteiger partial charge on any atom is -0.480 e. The molecule has 0 saturated carbocycles. The van der Waals surface area contributed by atoms with Crippen LogP contribution < -0.4 is 0 Å². The van der Waals surface area contributed by atoms with E-state index in [9.17, 15) is 9.59 Å². The molecule has 0 heterocycles. The van der Waals surface area contributed by atoms with Crippen molar-refractivity contribution in [2.75, 3.05) is 25.1 Å². The third kappa shape index (κ3) is 6.45. The highest BCUT2D eigenvalue weighted by Crippen LogP contribution is 2.03. The van der Waals surface area contributed by atoms with Crippen LogP contribution in [0, 0.1) is 0 Å². The molecule has 0 aromatic heterocycles. The smallest absolute Gasteiger partial charge is 0.323 e. The molecule has 0 atom stereocenters. The number of nitrogens with zero attached hydrogens (tertiary/aromatic N) is 1. The van der Waals surface area contributed by atoms with Crippen molar-refractivity contribution >= 4 is 23.6 Å². The molecule has 0 saturated heterocycles. The number of carboxylic acid groups (broad SMARTS) is 1. The summed E-state index contributed by atoms with van der Waals surface area (Å²) in [6.07, 6.45) is 1.03. The predicted molar refractivity (Wildman–Crippen MR) is 52.9 cm³/mol. The lowest BCUT2D eigenvalue weighted by Gasteiger charge is -2.13. The Bertz CT molecular complexity index is 184. The molecule has 4 nitrogen and oxygen atoms in total. The zero-order chi connectivity index (χ0) is 10.3. The second kappa shape index (κ2) is 6.77. The third-order valence-corrected chi connectivity index (χ3v) is 2.52. The average Bonchev–Trinajstić information content (AvgIpc) is 2.03. The molecule has 76 valence electrons. The van der Waals surface area contributed by atoms with Crippen LogP contribution in [0.2, 0.25) is 0 Å². The van der Waals surface area contributed by atoms with Crippen LogP contribution in [0.4, 0.5) is 0 Å². The first-order valence-corrected chi connectivity index (χ1v) is 5.27. The summed E-state index contributed by atoms with van der Waals surface area (Å²) in [5.41, 5.74) is 0. The Labute approximate surface area is 82.3 Å². The van der Waals surface area contributed by atoms with Crippen LogP contribution in [0.5, 0.6) is 0 Å². The first-order valence-electron chi connectivity index (χ1n) is 4.11. The van der Waals surface area contributed by atoms with Crippen LogP contribution in [0.15, 0.2) is 0 Å². The molecule has 0 aromatic carbocycles. The first kappa shape index (κ1) is 12.3. The summed E-state index contributed by atoms with van der Waals surface area (Å²) in [5.74, 6) is 0.210. The summed E-state index contributed by atoms with van der Waals surface area (Å²) in [5, 5.41) is 8.40. The highest BCUT2D eigenvalue weighted by Gasteiger charge is 2.10. The summed E-state index contributed by atoms with van der Waals surface area (Å²) < 4.78 is 0. The Morgan fingerprint density at radius 1 is 1.46 bits per heavy atom. The normalized spacial score (nSPS) is 9.69. The van der Waals surface area contributed by atoms with Crippen molar-refractivity contribution in [1.82, 2.24) is 4.90 Å². The summed E-state index contributed by atoms with van der Waals surface area (Å²) in [6, 6.07) is 0. The Morgan fingerprint density at radius 2 is 2.08 bits per heavy atom. The molecule has 0 bridgehead atoms. The molecule has 1 N–H and O–H groups in total. The van der Waals surface area contributed by atoms with E-state index in [1.807, 2.05) is 6.92 Å². The number of carbonyl (C=O) groups excluding carboxylic acids is 1. The molecule has 0 radical (unpaired) electrons. The van der Waals surface area contributed by atoms with Gasteiger partial charge in [-0.1, -0.05) is 6.92 Å². The summed E-state index contributed by atoms with van der Waals surface area (Å²) in [7, 11) is 1.50. The van der Waals surface area contributed by atoms with Gasteiger partial charge in [-0.05, 0) is 12.2 Å². The molecule has 0 aliphatic rings. The van der Waals surface area contributed by atoms with Gasteiger partial charge in [-0.15, -0.1) is 0 Å². The van der Waals surface area contributed by atoms with Crippen LogP contribution in [-0.4, -0.2) is 47.0 Å². The van der Waals surface area contributed by atoms with Gasteiger partial charge in [0.1, 0.15) is 6.54 Å². The minimum absolute atomic E-state index is 0.124. The maximum atomic E-state index is 11.2. The van der Waals surface area contributed by atoms with Gasteiger partial charge in [0.2, 0.25) is 5.91 Å². The quantitative estimate of drug-likeness (QED) is 0.648. The van der Waals surface area contributed by atoms with Crippen LogP contribution in [0.1, 0.15) is 13.3 Å². The van der Waals surface area contributed by atoms with Crippen LogP contribution in [-0.2, 0) is 9.59 Å². The zero-order valence-corrected chi connectivity index (χ0v) is 8.76. The van der Waals surface area contributed by atoms with Crippen molar-refractivity contribution in [2.45, 2.75) is 13.3 Å². The van der Waals surface area contributed by atoms with E-state index in [4.69, 9.17) is 5.11 Å². The van der Waals surface area contributed by atoms with E-state index < -0.39 is 5.97 Å². The highest BCUT2D eigenvalue weighted by molar-refractivity contribution is 7.99. The van der Waals surface area contributed by atoms with Crippen molar-refractivity contribution in [1.29, 1.82) is 0 Å². The van der Waals surface area contributed by atoms with E-state index in [-0.39, 0.29) is 12.5 Å². The summed E-state index contributed by atoms with van der Waals surface area (Å²) >= 11 is 1.53. The van der Waals surface area contributed by atoms with Gasteiger partial charge in [0.15, 0.2) is 0 Å². The second-order valence-electron chi connectivity index (χ2n) is 2.70. The Kier molecular flexibility index (Phi) is 6.40. The number of aliphatic carboxylic acids is 1. The Morgan fingerprint density at radius 3 is 2.54 bits per heavy atom. The summed E-state index contributed by atoms with van der Waals surface area (Å²) in [4.78, 5) is 22.7. The SMILES string of the molecule is CCCSCC(=O)N(C)CC(=O)O. The third-order valence-electron chi connectivity index (χ3n) is 1.37. The maximum Gasteiger partial charge on any atom is 0.323 e. The number of amides is 1. The molecule has 0 aliphatic carbocycles. The second-order valence-corrected chi connectivity index (χ2v) is 3.80. The molecule has 0 unspecified atom stereocenters. The van der Waals surface area contributed by atoms with Crippen molar-refractivity contribution in [3.63, 3.8) is 0 Å². The molecule has 0 aliphatic heterocycles. The van der Waals surface area contributed by atoms with Gasteiger partial charge in [0.05, 0.1) is 5.75 Å². The van der Waals surface area contributed by atoms with E-state index in [0.29, 0.717) is 5.75 Å². The molecule has 0 aromatic rings. The van der Waals surface area contributed by atoms with Crippen molar-refractivity contribution in [3.05, 3.63) is 0 Å². The van der Waals surface area contributed by atoms with Crippen LogP contribution in [0.3, 0.4) is 0 Å². The molecule has 13 heavy (non-hydrogen) atoms. The molecule has 0 spiro atoms. The van der Waals surface area contributed by atoms with Gasteiger partial charge in [-0.2, -0.15) is 11.8 Å². The van der Waals surface area contributed by atoms with Gasteiger partial charge in [0.25, 0.3) is 0 Å². The molecule has 5 heteroatoms. The molecule has 0 fully saturated rings.